The molecule has 1 N–H and O–H groups in total. The summed E-state index contributed by atoms with van der Waals surface area (Å²) in [5.41, 5.74) is -1.62. The second kappa shape index (κ2) is 9.14. The molecule has 1 saturated heterocycles. The van der Waals surface area contributed by atoms with E-state index in [1.54, 1.807) is 24.3 Å². The van der Waals surface area contributed by atoms with Crippen molar-refractivity contribution in [2.45, 2.75) is 31.9 Å². The Morgan fingerprint density at radius 2 is 1.93 bits per heavy atom. The van der Waals surface area contributed by atoms with Crippen molar-refractivity contribution in [3.8, 4) is 0 Å². The summed E-state index contributed by atoms with van der Waals surface area (Å²) in [6.07, 6.45) is -2.90. The summed E-state index contributed by atoms with van der Waals surface area (Å²) in [5.74, 6) is -0.615. The second-order valence-corrected chi connectivity index (χ2v) is 8.75. The van der Waals surface area contributed by atoms with Gasteiger partial charge in [-0.15, -0.1) is 0 Å². The molecule has 1 saturated carbocycles. The van der Waals surface area contributed by atoms with Gasteiger partial charge in [0.1, 0.15) is 5.41 Å². The van der Waals surface area contributed by atoms with Gasteiger partial charge in [-0.1, -0.05) is 17.7 Å². The molecule has 0 spiro atoms. The van der Waals surface area contributed by atoms with E-state index in [0.717, 1.165) is 25.9 Å². The van der Waals surface area contributed by atoms with Gasteiger partial charge in [0.15, 0.2) is 0 Å². The Kier molecular flexibility index (Phi) is 6.97. The van der Waals surface area contributed by atoms with Crippen molar-refractivity contribution in [1.29, 1.82) is 0 Å². The lowest BCUT2D eigenvalue weighted by molar-refractivity contribution is -0.197. The Labute approximate surface area is 179 Å². The molecule has 1 aromatic carbocycles. The van der Waals surface area contributed by atoms with Crippen LogP contribution in [0.4, 0.5) is 13.2 Å². The molecule has 1 aromatic rings. The minimum absolute atomic E-state index is 0.105. The highest BCUT2D eigenvalue weighted by Gasteiger charge is 2.69. The third-order valence-corrected chi connectivity index (χ3v) is 6.38. The Hall–Kier alpha value is -1.80. The van der Waals surface area contributed by atoms with Crippen LogP contribution in [0.15, 0.2) is 24.3 Å². The first-order chi connectivity index (χ1) is 14.1. The van der Waals surface area contributed by atoms with Crippen molar-refractivity contribution < 1.29 is 22.8 Å². The standard InChI is InChI=1S/C21H27ClF3N3O2/c1-27(19(30)20(7-8-20)21(23,24)25)11-12-28-9-5-15(6-10-28)14-26-18(29)16-3-2-4-17(22)13-16/h2-4,13,15H,5-12,14H2,1H3,(H,26,29). The highest BCUT2D eigenvalue weighted by atomic mass is 35.5. The van der Waals surface area contributed by atoms with E-state index < -0.39 is 17.5 Å². The minimum Gasteiger partial charge on any atom is -0.352 e. The highest BCUT2D eigenvalue weighted by molar-refractivity contribution is 6.30. The summed E-state index contributed by atoms with van der Waals surface area (Å²) in [6, 6.07) is 6.79. The molecule has 1 heterocycles. The zero-order valence-electron chi connectivity index (χ0n) is 17.0. The van der Waals surface area contributed by atoms with Crippen LogP contribution in [0.2, 0.25) is 5.02 Å². The van der Waals surface area contributed by atoms with Gasteiger partial charge in [-0.05, 0) is 62.9 Å². The van der Waals surface area contributed by atoms with Crippen molar-refractivity contribution >= 4 is 23.4 Å². The number of rotatable bonds is 7. The lowest BCUT2D eigenvalue weighted by Crippen LogP contribution is -2.46. The number of piperidine rings is 1. The van der Waals surface area contributed by atoms with E-state index in [-0.39, 0.29) is 25.3 Å². The topological polar surface area (TPSA) is 52.6 Å². The molecule has 1 aliphatic carbocycles. The van der Waals surface area contributed by atoms with E-state index in [2.05, 4.69) is 10.2 Å². The Balaban J connectivity index is 1.37. The first kappa shape index (κ1) is 22.9. The normalized spacial score (nSPS) is 19.4. The quantitative estimate of drug-likeness (QED) is 0.698. The van der Waals surface area contributed by atoms with E-state index in [1.807, 2.05) is 0 Å². The number of carbonyl (C=O) groups is 2. The molecule has 2 aliphatic rings. The molecule has 2 amide bonds. The minimum atomic E-state index is -4.47. The average molecular weight is 446 g/mol. The number of alkyl halides is 3. The van der Waals surface area contributed by atoms with Crippen LogP contribution in [0.1, 0.15) is 36.0 Å². The largest absolute Gasteiger partial charge is 0.403 e. The van der Waals surface area contributed by atoms with Crippen molar-refractivity contribution in [3.63, 3.8) is 0 Å². The summed E-state index contributed by atoms with van der Waals surface area (Å²) < 4.78 is 39.3. The van der Waals surface area contributed by atoms with Gasteiger partial charge in [-0.25, -0.2) is 0 Å². The van der Waals surface area contributed by atoms with Gasteiger partial charge in [0.2, 0.25) is 5.91 Å². The summed E-state index contributed by atoms with van der Waals surface area (Å²) >= 11 is 5.91. The van der Waals surface area contributed by atoms with Crippen LogP contribution in [0.5, 0.6) is 0 Å². The smallest absolute Gasteiger partial charge is 0.352 e. The molecule has 0 bridgehead atoms. The zero-order valence-corrected chi connectivity index (χ0v) is 17.7. The maximum Gasteiger partial charge on any atom is 0.403 e. The van der Waals surface area contributed by atoms with Crippen molar-refractivity contribution in [2.24, 2.45) is 11.3 Å². The van der Waals surface area contributed by atoms with Gasteiger partial charge >= 0.3 is 6.18 Å². The molecule has 30 heavy (non-hydrogen) atoms. The number of likely N-dealkylation sites (tertiary alicyclic amines) is 1. The Bertz CT molecular complexity index is 775. The molecule has 3 rings (SSSR count). The molecule has 0 radical (unpaired) electrons. The Morgan fingerprint density at radius 1 is 1.27 bits per heavy atom. The number of likely N-dealkylation sites (N-methyl/N-ethyl adjacent to an activating group) is 1. The lowest BCUT2D eigenvalue weighted by Gasteiger charge is -2.33. The number of hydrogen-bond acceptors (Lipinski definition) is 3. The molecule has 0 atom stereocenters. The van der Waals surface area contributed by atoms with E-state index in [9.17, 15) is 22.8 Å². The van der Waals surface area contributed by atoms with E-state index in [1.165, 1.54) is 11.9 Å². The van der Waals surface area contributed by atoms with E-state index in [4.69, 9.17) is 11.6 Å². The Morgan fingerprint density at radius 3 is 2.50 bits per heavy atom. The predicted molar refractivity (Wildman–Crippen MR) is 108 cm³/mol. The first-order valence-electron chi connectivity index (χ1n) is 10.2. The van der Waals surface area contributed by atoms with Gasteiger partial charge in [0.05, 0.1) is 0 Å². The number of halogens is 4. The SMILES string of the molecule is CN(CCN1CCC(CNC(=O)c2cccc(Cl)c2)CC1)C(=O)C1(C(F)(F)F)CC1. The highest BCUT2D eigenvalue weighted by Crippen LogP contribution is 2.58. The van der Waals surface area contributed by atoms with E-state index in [0.29, 0.717) is 29.6 Å². The van der Waals surface area contributed by atoms with Crippen LogP contribution in [-0.2, 0) is 4.79 Å². The first-order valence-corrected chi connectivity index (χ1v) is 10.6. The van der Waals surface area contributed by atoms with Crippen LogP contribution >= 0.6 is 11.6 Å². The van der Waals surface area contributed by atoms with Crippen molar-refractivity contribution in [1.82, 2.24) is 15.1 Å². The molecule has 166 valence electrons. The number of benzene rings is 1. The van der Waals surface area contributed by atoms with Crippen LogP contribution in [0.25, 0.3) is 0 Å². The summed E-state index contributed by atoms with van der Waals surface area (Å²) in [5, 5.41) is 3.45. The number of nitrogens with one attached hydrogen (secondary N) is 1. The van der Waals surface area contributed by atoms with E-state index >= 15 is 0 Å². The molecule has 0 aromatic heterocycles. The maximum atomic E-state index is 13.1. The third kappa shape index (κ3) is 5.27. The van der Waals surface area contributed by atoms with Gasteiger partial charge in [-0.2, -0.15) is 13.2 Å². The van der Waals surface area contributed by atoms with Gasteiger partial charge < -0.3 is 15.1 Å². The van der Waals surface area contributed by atoms with Gasteiger partial charge in [0, 0.05) is 37.3 Å². The summed E-state index contributed by atoms with van der Waals surface area (Å²) in [7, 11) is 1.45. The number of carbonyl (C=O) groups excluding carboxylic acids is 2. The van der Waals surface area contributed by atoms with Crippen LogP contribution in [-0.4, -0.2) is 67.6 Å². The molecular formula is C21H27ClF3N3O2. The number of hydrogen-bond donors (Lipinski definition) is 1. The zero-order chi connectivity index (χ0) is 21.9. The van der Waals surface area contributed by atoms with Crippen molar-refractivity contribution in [3.05, 3.63) is 34.9 Å². The molecule has 0 unspecified atom stereocenters. The monoisotopic (exact) mass is 445 g/mol. The van der Waals surface area contributed by atoms with Gasteiger partial charge in [0.25, 0.3) is 5.91 Å². The second-order valence-electron chi connectivity index (χ2n) is 8.31. The summed E-state index contributed by atoms with van der Waals surface area (Å²) in [4.78, 5) is 27.8. The summed E-state index contributed by atoms with van der Waals surface area (Å²) in [6.45, 7) is 3.00. The fourth-order valence-electron chi connectivity index (χ4n) is 3.88. The predicted octanol–water partition coefficient (Wildman–Crippen LogP) is 3.58. The molecule has 1 aliphatic heterocycles. The fourth-order valence-corrected chi connectivity index (χ4v) is 4.08. The number of nitrogens with zero attached hydrogens (tertiary/aromatic N) is 2. The average Bonchev–Trinajstić information content (AvgIpc) is 3.52. The van der Waals surface area contributed by atoms with Crippen LogP contribution < -0.4 is 5.32 Å². The molecule has 9 heteroatoms. The maximum absolute atomic E-state index is 13.1. The molecule has 2 fully saturated rings. The molecular weight excluding hydrogens is 419 g/mol. The van der Waals surface area contributed by atoms with Gasteiger partial charge in [-0.3, -0.25) is 9.59 Å². The third-order valence-electron chi connectivity index (χ3n) is 6.15. The lowest BCUT2D eigenvalue weighted by atomic mass is 9.96. The number of amides is 2. The van der Waals surface area contributed by atoms with Crippen LogP contribution in [0, 0.1) is 11.3 Å². The van der Waals surface area contributed by atoms with Crippen LogP contribution in [0.3, 0.4) is 0 Å². The fraction of sp³-hybridized carbons (Fsp3) is 0.619. The van der Waals surface area contributed by atoms with Crippen molar-refractivity contribution in [2.75, 3.05) is 39.8 Å². The molecule has 5 nitrogen and oxygen atoms in total.